The number of nitrogens with one attached hydrogen (secondary N) is 2. The maximum atomic E-state index is 12.7. The summed E-state index contributed by atoms with van der Waals surface area (Å²) >= 11 is 0. The predicted molar refractivity (Wildman–Crippen MR) is 91.6 cm³/mol. The van der Waals surface area contributed by atoms with E-state index in [-0.39, 0.29) is 5.76 Å². The summed E-state index contributed by atoms with van der Waals surface area (Å²) < 4.78 is 5.65. The Hall–Kier alpha value is -3.09. The minimum Gasteiger partial charge on any atom is -0.479 e. The molecular formula is C18H19N3O4. The second kappa shape index (κ2) is 6.08. The summed E-state index contributed by atoms with van der Waals surface area (Å²) in [5.74, 6) is -1.62. The minimum atomic E-state index is -1.21. The molecule has 1 aromatic carbocycles. The van der Waals surface area contributed by atoms with E-state index in [1.165, 1.54) is 0 Å². The van der Waals surface area contributed by atoms with E-state index in [9.17, 15) is 14.7 Å². The number of aryl methyl sites for hydroxylation is 4. The molecule has 0 spiro atoms. The Kier molecular flexibility index (Phi) is 4.08. The number of carboxylic acid groups (broad SMARTS) is 1. The van der Waals surface area contributed by atoms with Gasteiger partial charge in [-0.25, -0.2) is 4.79 Å². The molecule has 130 valence electrons. The van der Waals surface area contributed by atoms with Crippen LogP contribution in [0.15, 0.2) is 22.6 Å². The van der Waals surface area contributed by atoms with Gasteiger partial charge in [-0.05, 0) is 39.8 Å². The normalized spacial score (nSPS) is 12.3. The van der Waals surface area contributed by atoms with Crippen LogP contribution < -0.4 is 5.32 Å². The summed E-state index contributed by atoms with van der Waals surface area (Å²) in [6.45, 7) is 7.14. The van der Waals surface area contributed by atoms with Crippen LogP contribution >= 0.6 is 0 Å². The predicted octanol–water partition coefficient (Wildman–Crippen LogP) is 2.95. The van der Waals surface area contributed by atoms with Crippen LogP contribution in [0.25, 0.3) is 11.0 Å². The van der Waals surface area contributed by atoms with E-state index in [1.807, 2.05) is 19.1 Å². The number of furan rings is 1. The van der Waals surface area contributed by atoms with Crippen LogP contribution in [0, 0.1) is 27.7 Å². The van der Waals surface area contributed by atoms with Gasteiger partial charge in [-0.3, -0.25) is 9.89 Å². The smallest absolute Gasteiger partial charge is 0.331 e. The first-order valence-electron chi connectivity index (χ1n) is 7.84. The maximum absolute atomic E-state index is 12.7. The lowest BCUT2D eigenvalue weighted by Gasteiger charge is -2.14. The maximum Gasteiger partial charge on any atom is 0.331 e. The Labute approximate surface area is 144 Å². The molecule has 1 atom stereocenters. The van der Waals surface area contributed by atoms with Crippen molar-refractivity contribution in [3.05, 3.63) is 52.0 Å². The number of carbonyl (C=O) groups excluding carboxylic acids is 1. The number of carbonyl (C=O) groups is 2. The molecule has 2 heterocycles. The number of nitrogens with zero attached hydrogens (tertiary/aromatic N) is 1. The molecule has 0 saturated heterocycles. The van der Waals surface area contributed by atoms with Gasteiger partial charge in [-0.2, -0.15) is 5.10 Å². The molecule has 3 rings (SSSR count). The Balaban J connectivity index is 1.98. The van der Waals surface area contributed by atoms with Crippen LogP contribution in [-0.4, -0.2) is 27.2 Å². The molecule has 0 aliphatic heterocycles. The number of aromatic amines is 1. The highest BCUT2D eigenvalue weighted by atomic mass is 16.4. The number of aromatic nitrogens is 2. The van der Waals surface area contributed by atoms with Gasteiger partial charge in [0, 0.05) is 22.2 Å². The quantitative estimate of drug-likeness (QED) is 0.676. The van der Waals surface area contributed by atoms with Crippen LogP contribution in [0.2, 0.25) is 0 Å². The molecule has 3 N–H and O–H groups in total. The highest BCUT2D eigenvalue weighted by Gasteiger charge is 2.29. The number of amides is 1. The molecule has 1 amide bonds. The van der Waals surface area contributed by atoms with E-state index >= 15 is 0 Å². The van der Waals surface area contributed by atoms with Crippen molar-refractivity contribution in [2.24, 2.45) is 0 Å². The molecule has 0 fully saturated rings. The second-order valence-electron chi connectivity index (χ2n) is 6.15. The molecule has 0 aliphatic carbocycles. The summed E-state index contributed by atoms with van der Waals surface area (Å²) in [5, 5.41) is 19.7. The SMILES string of the molecule is Cc1ccc2oc(C(=O)N[C@H](C(=O)O)c3c(C)n[nH]c3C)c(C)c2c1. The summed E-state index contributed by atoms with van der Waals surface area (Å²) in [5.41, 5.74) is 3.91. The first-order chi connectivity index (χ1) is 11.8. The van der Waals surface area contributed by atoms with Gasteiger partial charge in [0.05, 0.1) is 5.69 Å². The monoisotopic (exact) mass is 341 g/mol. The fraction of sp³-hybridized carbons (Fsp3) is 0.278. The van der Waals surface area contributed by atoms with Crippen LogP contribution in [0.1, 0.15) is 44.7 Å². The number of fused-ring (bicyclic) bond motifs is 1. The Morgan fingerprint density at radius 3 is 2.56 bits per heavy atom. The standard InChI is InChI=1S/C18H19N3O4/c1-8-5-6-13-12(7-8)9(2)16(25-13)17(22)19-15(18(23)24)14-10(3)20-21-11(14)4/h5-7,15H,1-4H3,(H,19,22)(H,20,21)(H,23,24)/t15-/m0/s1. The highest BCUT2D eigenvalue weighted by molar-refractivity contribution is 6.00. The molecule has 0 radical (unpaired) electrons. The molecule has 0 unspecified atom stereocenters. The third-order valence-corrected chi connectivity index (χ3v) is 4.29. The third kappa shape index (κ3) is 2.88. The van der Waals surface area contributed by atoms with Crippen molar-refractivity contribution in [3.63, 3.8) is 0 Å². The summed E-state index contributed by atoms with van der Waals surface area (Å²) in [7, 11) is 0. The van der Waals surface area contributed by atoms with E-state index in [1.54, 1.807) is 26.8 Å². The number of H-pyrrole nitrogens is 1. The van der Waals surface area contributed by atoms with Gasteiger partial charge in [-0.1, -0.05) is 11.6 Å². The number of benzene rings is 1. The van der Waals surface area contributed by atoms with Gasteiger partial charge in [0.1, 0.15) is 5.58 Å². The fourth-order valence-corrected chi connectivity index (χ4v) is 2.99. The molecular weight excluding hydrogens is 322 g/mol. The lowest BCUT2D eigenvalue weighted by Crippen LogP contribution is -2.34. The molecule has 25 heavy (non-hydrogen) atoms. The lowest BCUT2D eigenvalue weighted by atomic mass is 10.0. The number of rotatable bonds is 4. The third-order valence-electron chi connectivity index (χ3n) is 4.29. The molecule has 7 nitrogen and oxygen atoms in total. The summed E-state index contributed by atoms with van der Waals surface area (Å²) in [6, 6.07) is 4.42. The van der Waals surface area contributed by atoms with Crippen molar-refractivity contribution in [1.29, 1.82) is 0 Å². The van der Waals surface area contributed by atoms with E-state index in [4.69, 9.17) is 4.42 Å². The van der Waals surface area contributed by atoms with Gasteiger partial charge in [0.25, 0.3) is 5.91 Å². The van der Waals surface area contributed by atoms with E-state index < -0.39 is 17.9 Å². The van der Waals surface area contributed by atoms with Crippen molar-refractivity contribution in [2.75, 3.05) is 0 Å². The number of hydrogen-bond acceptors (Lipinski definition) is 4. The molecule has 0 aliphatic rings. The average Bonchev–Trinajstić information content (AvgIpc) is 3.05. The van der Waals surface area contributed by atoms with Gasteiger partial charge < -0.3 is 14.8 Å². The van der Waals surface area contributed by atoms with Gasteiger partial charge >= 0.3 is 5.97 Å². The van der Waals surface area contributed by atoms with E-state index in [2.05, 4.69) is 15.5 Å². The fourth-order valence-electron chi connectivity index (χ4n) is 2.99. The minimum absolute atomic E-state index is 0.116. The van der Waals surface area contributed by atoms with Crippen molar-refractivity contribution >= 4 is 22.8 Å². The molecule has 0 saturated carbocycles. The second-order valence-corrected chi connectivity index (χ2v) is 6.15. The Morgan fingerprint density at radius 1 is 1.24 bits per heavy atom. The number of hydrogen-bond donors (Lipinski definition) is 3. The van der Waals surface area contributed by atoms with E-state index in [0.717, 1.165) is 10.9 Å². The Morgan fingerprint density at radius 2 is 1.96 bits per heavy atom. The van der Waals surface area contributed by atoms with Crippen molar-refractivity contribution in [3.8, 4) is 0 Å². The zero-order chi connectivity index (χ0) is 18.3. The van der Waals surface area contributed by atoms with Gasteiger partial charge in [0.2, 0.25) is 0 Å². The molecule has 3 aromatic rings. The lowest BCUT2D eigenvalue weighted by molar-refractivity contribution is -0.139. The van der Waals surface area contributed by atoms with Crippen molar-refractivity contribution < 1.29 is 19.1 Å². The first-order valence-corrected chi connectivity index (χ1v) is 7.84. The largest absolute Gasteiger partial charge is 0.479 e. The molecule has 0 bridgehead atoms. The van der Waals surface area contributed by atoms with Gasteiger partial charge in [-0.15, -0.1) is 0 Å². The summed E-state index contributed by atoms with van der Waals surface area (Å²) in [4.78, 5) is 24.3. The summed E-state index contributed by atoms with van der Waals surface area (Å²) in [6.07, 6.45) is 0. The topological polar surface area (TPSA) is 108 Å². The zero-order valence-corrected chi connectivity index (χ0v) is 14.4. The number of aliphatic carboxylic acids is 1. The number of carboxylic acids is 1. The van der Waals surface area contributed by atoms with Crippen molar-refractivity contribution in [2.45, 2.75) is 33.7 Å². The first kappa shape index (κ1) is 16.8. The van der Waals surface area contributed by atoms with Crippen molar-refractivity contribution in [1.82, 2.24) is 15.5 Å². The van der Waals surface area contributed by atoms with Crippen LogP contribution in [0.3, 0.4) is 0 Å². The average molecular weight is 341 g/mol. The molecule has 7 heteroatoms. The zero-order valence-electron chi connectivity index (χ0n) is 14.4. The van der Waals surface area contributed by atoms with Crippen LogP contribution in [-0.2, 0) is 4.79 Å². The highest BCUT2D eigenvalue weighted by Crippen LogP contribution is 2.27. The van der Waals surface area contributed by atoms with Crippen LogP contribution in [0.4, 0.5) is 0 Å². The molecule has 2 aromatic heterocycles. The van der Waals surface area contributed by atoms with Crippen LogP contribution in [0.5, 0.6) is 0 Å². The van der Waals surface area contributed by atoms with Gasteiger partial charge in [0.15, 0.2) is 11.8 Å². The Bertz CT molecular complexity index is 964. The van der Waals surface area contributed by atoms with E-state index in [0.29, 0.717) is 28.1 Å².